The molecule has 0 amide bonds. The standard InChI is InChI=1S/C38H41NO4/c1-3-36(30-12-18-33(41-2)19-13-30)38(31-14-20-34(21-15-31)42-27-26-39-24-8-5-9-25-39)32-16-22-35(23-17-32)43-37(40)28-29-10-6-4-7-11-29/h4,6-7,10-23H,3,5,8-9,24-28H2,1-2H3/b38-36-. The zero-order valence-corrected chi connectivity index (χ0v) is 25.3. The molecule has 43 heavy (non-hydrogen) atoms. The number of rotatable bonds is 12. The van der Waals surface area contributed by atoms with Crippen LogP contribution in [-0.4, -0.2) is 44.2 Å². The van der Waals surface area contributed by atoms with Gasteiger partial charge in [0.1, 0.15) is 23.9 Å². The smallest absolute Gasteiger partial charge is 0.315 e. The van der Waals surface area contributed by atoms with Crippen molar-refractivity contribution in [2.24, 2.45) is 0 Å². The van der Waals surface area contributed by atoms with Crippen LogP contribution in [-0.2, 0) is 11.2 Å². The van der Waals surface area contributed by atoms with Gasteiger partial charge in [-0.15, -0.1) is 0 Å². The lowest BCUT2D eigenvalue weighted by atomic mass is 9.88. The Morgan fingerprint density at radius 3 is 1.88 bits per heavy atom. The van der Waals surface area contributed by atoms with Crippen LogP contribution in [0.5, 0.6) is 17.2 Å². The molecular weight excluding hydrogens is 534 g/mol. The maximum absolute atomic E-state index is 12.6. The number of allylic oxidation sites excluding steroid dienone is 1. The Morgan fingerprint density at radius 2 is 1.28 bits per heavy atom. The summed E-state index contributed by atoms with van der Waals surface area (Å²) >= 11 is 0. The highest BCUT2D eigenvalue weighted by Crippen LogP contribution is 2.36. The molecule has 0 radical (unpaired) electrons. The Hall–Kier alpha value is -4.35. The quantitative estimate of drug-likeness (QED) is 0.0971. The molecule has 0 saturated carbocycles. The first-order chi connectivity index (χ1) is 21.1. The van der Waals surface area contributed by atoms with Crippen LogP contribution in [0.3, 0.4) is 0 Å². The molecule has 0 aromatic heterocycles. The van der Waals surface area contributed by atoms with E-state index in [2.05, 4.69) is 48.2 Å². The third-order valence-corrected chi connectivity index (χ3v) is 7.93. The highest BCUT2D eigenvalue weighted by atomic mass is 16.5. The minimum Gasteiger partial charge on any atom is -0.497 e. The number of likely N-dealkylation sites (tertiary alicyclic amines) is 1. The number of esters is 1. The lowest BCUT2D eigenvalue weighted by Gasteiger charge is -2.26. The van der Waals surface area contributed by atoms with Gasteiger partial charge in [0, 0.05) is 6.54 Å². The van der Waals surface area contributed by atoms with E-state index in [1.807, 2.05) is 66.7 Å². The molecule has 0 spiro atoms. The second-order valence-electron chi connectivity index (χ2n) is 10.9. The van der Waals surface area contributed by atoms with Crippen LogP contribution in [0.25, 0.3) is 11.1 Å². The first-order valence-corrected chi connectivity index (χ1v) is 15.3. The summed E-state index contributed by atoms with van der Waals surface area (Å²) in [5.74, 6) is 1.96. The fraction of sp³-hybridized carbons (Fsp3) is 0.289. The fourth-order valence-corrected chi connectivity index (χ4v) is 5.65. The van der Waals surface area contributed by atoms with E-state index in [0.29, 0.717) is 12.4 Å². The number of methoxy groups -OCH3 is 1. The first kappa shape index (κ1) is 30.1. The molecule has 222 valence electrons. The van der Waals surface area contributed by atoms with E-state index >= 15 is 0 Å². The lowest BCUT2D eigenvalue weighted by Crippen LogP contribution is -2.33. The average molecular weight is 576 g/mol. The van der Waals surface area contributed by atoms with Crippen molar-refractivity contribution in [2.45, 2.75) is 39.0 Å². The summed E-state index contributed by atoms with van der Waals surface area (Å²) in [5, 5.41) is 0. The van der Waals surface area contributed by atoms with Crippen LogP contribution in [0.4, 0.5) is 0 Å². The normalized spacial score (nSPS) is 14.1. The number of hydrogen-bond donors (Lipinski definition) is 0. The number of carbonyl (C=O) groups excluding carboxylic acids is 1. The highest BCUT2D eigenvalue weighted by molar-refractivity contribution is 5.98. The maximum atomic E-state index is 12.6. The van der Waals surface area contributed by atoms with Crippen molar-refractivity contribution >= 4 is 17.1 Å². The van der Waals surface area contributed by atoms with E-state index in [-0.39, 0.29) is 12.4 Å². The molecule has 5 rings (SSSR count). The zero-order chi connectivity index (χ0) is 29.9. The predicted octanol–water partition coefficient (Wildman–Crippen LogP) is 8.08. The molecule has 4 aromatic rings. The van der Waals surface area contributed by atoms with Gasteiger partial charge in [-0.2, -0.15) is 0 Å². The summed E-state index contributed by atoms with van der Waals surface area (Å²) in [6.07, 6.45) is 4.98. The molecule has 0 bridgehead atoms. The largest absolute Gasteiger partial charge is 0.497 e. The van der Waals surface area contributed by atoms with Crippen molar-refractivity contribution in [3.8, 4) is 17.2 Å². The molecule has 1 aliphatic rings. The number of benzene rings is 4. The molecule has 5 nitrogen and oxygen atoms in total. The van der Waals surface area contributed by atoms with Crippen molar-refractivity contribution in [1.82, 2.24) is 4.90 Å². The number of ether oxygens (including phenoxy) is 3. The van der Waals surface area contributed by atoms with Gasteiger partial charge in [-0.05, 0) is 102 Å². The van der Waals surface area contributed by atoms with Crippen molar-refractivity contribution in [1.29, 1.82) is 0 Å². The van der Waals surface area contributed by atoms with Crippen molar-refractivity contribution in [3.63, 3.8) is 0 Å². The zero-order valence-electron chi connectivity index (χ0n) is 25.3. The number of hydrogen-bond acceptors (Lipinski definition) is 5. The average Bonchev–Trinajstić information content (AvgIpc) is 3.05. The summed E-state index contributed by atoms with van der Waals surface area (Å²) in [4.78, 5) is 15.0. The van der Waals surface area contributed by atoms with Crippen LogP contribution in [0.15, 0.2) is 103 Å². The van der Waals surface area contributed by atoms with E-state index in [4.69, 9.17) is 14.2 Å². The van der Waals surface area contributed by atoms with Gasteiger partial charge in [0.25, 0.3) is 0 Å². The molecule has 0 aliphatic carbocycles. The second-order valence-corrected chi connectivity index (χ2v) is 10.9. The molecule has 0 unspecified atom stereocenters. The van der Waals surface area contributed by atoms with Gasteiger partial charge in [0.15, 0.2) is 0 Å². The van der Waals surface area contributed by atoms with E-state index in [1.54, 1.807) is 7.11 Å². The van der Waals surface area contributed by atoms with Crippen LogP contribution >= 0.6 is 0 Å². The first-order valence-electron chi connectivity index (χ1n) is 15.3. The number of nitrogens with zero attached hydrogens (tertiary/aromatic N) is 1. The summed E-state index contributed by atoms with van der Waals surface area (Å²) in [6.45, 7) is 6.18. The minimum atomic E-state index is -0.280. The summed E-state index contributed by atoms with van der Waals surface area (Å²) in [7, 11) is 1.68. The van der Waals surface area contributed by atoms with Crippen LogP contribution in [0.1, 0.15) is 54.9 Å². The van der Waals surface area contributed by atoms with Gasteiger partial charge >= 0.3 is 5.97 Å². The molecule has 4 aromatic carbocycles. The number of carbonyl (C=O) groups is 1. The van der Waals surface area contributed by atoms with Gasteiger partial charge in [-0.3, -0.25) is 9.69 Å². The number of piperidine rings is 1. The topological polar surface area (TPSA) is 48.0 Å². The van der Waals surface area contributed by atoms with E-state index in [0.717, 1.165) is 52.3 Å². The molecule has 1 saturated heterocycles. The Kier molecular flexibility index (Phi) is 10.7. The highest BCUT2D eigenvalue weighted by Gasteiger charge is 2.15. The third-order valence-electron chi connectivity index (χ3n) is 7.93. The van der Waals surface area contributed by atoms with Gasteiger partial charge in [0.2, 0.25) is 0 Å². The van der Waals surface area contributed by atoms with Crippen molar-refractivity contribution < 1.29 is 19.0 Å². The van der Waals surface area contributed by atoms with Gasteiger partial charge < -0.3 is 14.2 Å². The van der Waals surface area contributed by atoms with Gasteiger partial charge in [-0.25, -0.2) is 0 Å². The molecule has 1 fully saturated rings. The fourth-order valence-electron chi connectivity index (χ4n) is 5.65. The minimum absolute atomic E-state index is 0.234. The lowest BCUT2D eigenvalue weighted by molar-refractivity contribution is -0.133. The monoisotopic (exact) mass is 575 g/mol. The summed E-state index contributed by atoms with van der Waals surface area (Å²) in [6, 6.07) is 34.1. The summed E-state index contributed by atoms with van der Waals surface area (Å²) in [5.41, 5.74) is 6.57. The third kappa shape index (κ3) is 8.36. The second kappa shape index (κ2) is 15.2. The Bertz CT molecular complexity index is 1470. The molecule has 1 heterocycles. The van der Waals surface area contributed by atoms with Crippen molar-refractivity contribution in [3.05, 3.63) is 125 Å². The Labute approximate surface area is 255 Å². The Balaban J connectivity index is 1.38. The van der Waals surface area contributed by atoms with Crippen LogP contribution in [0, 0.1) is 0 Å². The van der Waals surface area contributed by atoms with E-state index in [9.17, 15) is 4.79 Å². The van der Waals surface area contributed by atoms with E-state index < -0.39 is 0 Å². The maximum Gasteiger partial charge on any atom is 0.315 e. The van der Waals surface area contributed by atoms with Gasteiger partial charge in [0.05, 0.1) is 13.5 Å². The van der Waals surface area contributed by atoms with Gasteiger partial charge in [-0.1, -0.05) is 80.1 Å². The molecule has 0 atom stereocenters. The molecular formula is C38H41NO4. The Morgan fingerprint density at radius 1 is 0.698 bits per heavy atom. The molecule has 1 aliphatic heterocycles. The van der Waals surface area contributed by atoms with Crippen LogP contribution in [0.2, 0.25) is 0 Å². The molecule has 0 N–H and O–H groups in total. The van der Waals surface area contributed by atoms with Crippen LogP contribution < -0.4 is 14.2 Å². The van der Waals surface area contributed by atoms with E-state index in [1.165, 1.54) is 37.9 Å². The SMILES string of the molecule is CC/C(=C(\c1ccc(OCCN2CCCCC2)cc1)c1ccc(OC(=O)Cc2ccccc2)cc1)c1ccc(OC)cc1. The predicted molar refractivity (Wildman–Crippen MR) is 174 cm³/mol. The molecule has 5 heteroatoms. The van der Waals surface area contributed by atoms with Crippen molar-refractivity contribution in [2.75, 3.05) is 33.4 Å². The summed E-state index contributed by atoms with van der Waals surface area (Å²) < 4.78 is 17.2.